The number of ether oxygens (including phenoxy) is 1. The molecule has 1 aliphatic heterocycles. The first-order chi connectivity index (χ1) is 13.5. The van der Waals surface area contributed by atoms with Crippen molar-refractivity contribution >= 4 is 34.7 Å². The highest BCUT2D eigenvalue weighted by molar-refractivity contribution is 7.17. The van der Waals surface area contributed by atoms with E-state index in [0.29, 0.717) is 27.5 Å². The van der Waals surface area contributed by atoms with E-state index in [2.05, 4.69) is 5.32 Å². The summed E-state index contributed by atoms with van der Waals surface area (Å²) in [6.07, 6.45) is -0.517. The van der Waals surface area contributed by atoms with Gasteiger partial charge in [0.05, 0.1) is 17.1 Å². The number of hydrogen-bond acceptors (Lipinski definition) is 4. The third-order valence-electron chi connectivity index (χ3n) is 4.24. The zero-order valence-corrected chi connectivity index (χ0v) is 15.3. The Morgan fingerprint density at radius 1 is 1.07 bits per heavy atom. The van der Waals surface area contributed by atoms with E-state index >= 15 is 0 Å². The van der Waals surface area contributed by atoms with Crippen molar-refractivity contribution in [3.63, 3.8) is 0 Å². The number of anilines is 2. The van der Waals surface area contributed by atoms with Crippen LogP contribution in [0.5, 0.6) is 0 Å². The lowest BCUT2D eigenvalue weighted by Gasteiger charge is -2.14. The molecule has 1 aliphatic rings. The number of benzene rings is 2. The smallest absolute Gasteiger partial charge is 0.414 e. The van der Waals surface area contributed by atoms with Crippen molar-refractivity contribution in [2.75, 3.05) is 23.4 Å². The molecule has 0 spiro atoms. The molecular formula is C20H14F2N2O3S. The molecule has 142 valence electrons. The first kappa shape index (κ1) is 18.1. The number of carbonyl (C=O) groups is 2. The predicted octanol–water partition coefficient (Wildman–Crippen LogP) is 4.90. The third kappa shape index (κ3) is 3.46. The molecule has 0 radical (unpaired) electrons. The average Bonchev–Trinajstić information content (AvgIpc) is 3.33. The van der Waals surface area contributed by atoms with Crippen LogP contribution in [0.3, 0.4) is 0 Å². The van der Waals surface area contributed by atoms with E-state index in [0.717, 1.165) is 11.3 Å². The van der Waals surface area contributed by atoms with Crippen molar-refractivity contribution in [1.29, 1.82) is 0 Å². The van der Waals surface area contributed by atoms with E-state index in [1.54, 1.807) is 30.3 Å². The van der Waals surface area contributed by atoms with Gasteiger partial charge < -0.3 is 10.1 Å². The normalized spacial score (nSPS) is 13.5. The Labute approximate surface area is 163 Å². The van der Waals surface area contributed by atoms with Gasteiger partial charge in [0, 0.05) is 16.1 Å². The standard InChI is InChI=1S/C20H14F2N2O3S/c21-14-4-2-1-3-13(14)17-7-8-18(28-17)19(25)23-16-11-12(5-6-15(16)22)24-9-10-27-20(24)26/h1-8,11H,9-10H2,(H,23,25). The molecule has 0 saturated carbocycles. The van der Waals surface area contributed by atoms with Crippen molar-refractivity contribution < 1.29 is 23.1 Å². The first-order valence-electron chi connectivity index (χ1n) is 8.43. The van der Waals surface area contributed by atoms with Crippen LogP contribution in [-0.2, 0) is 4.74 Å². The molecule has 1 fully saturated rings. The zero-order valence-electron chi connectivity index (χ0n) is 14.4. The monoisotopic (exact) mass is 400 g/mol. The van der Waals surface area contributed by atoms with Gasteiger partial charge >= 0.3 is 6.09 Å². The highest BCUT2D eigenvalue weighted by atomic mass is 32.1. The Kier molecular flexibility index (Phi) is 4.79. The van der Waals surface area contributed by atoms with Gasteiger partial charge in [0.15, 0.2) is 0 Å². The van der Waals surface area contributed by atoms with Gasteiger partial charge in [0.25, 0.3) is 5.91 Å². The highest BCUT2D eigenvalue weighted by Gasteiger charge is 2.24. The van der Waals surface area contributed by atoms with Crippen molar-refractivity contribution in [1.82, 2.24) is 0 Å². The van der Waals surface area contributed by atoms with Gasteiger partial charge in [-0.25, -0.2) is 13.6 Å². The summed E-state index contributed by atoms with van der Waals surface area (Å²) in [6.45, 7) is 0.612. The fourth-order valence-electron chi connectivity index (χ4n) is 2.85. The van der Waals surface area contributed by atoms with Gasteiger partial charge in [-0.3, -0.25) is 9.69 Å². The van der Waals surface area contributed by atoms with Crippen LogP contribution in [-0.4, -0.2) is 25.2 Å². The number of halogens is 2. The summed E-state index contributed by atoms with van der Waals surface area (Å²) in [5.41, 5.74) is 0.771. The molecule has 4 rings (SSSR count). The van der Waals surface area contributed by atoms with Gasteiger partial charge in [0.2, 0.25) is 0 Å². The van der Waals surface area contributed by atoms with Gasteiger partial charge in [-0.2, -0.15) is 0 Å². The molecule has 28 heavy (non-hydrogen) atoms. The molecule has 0 bridgehead atoms. The van der Waals surface area contributed by atoms with Crippen molar-refractivity contribution in [3.8, 4) is 10.4 Å². The fraction of sp³-hybridized carbons (Fsp3) is 0.100. The van der Waals surface area contributed by atoms with Crippen LogP contribution in [0.4, 0.5) is 25.0 Å². The van der Waals surface area contributed by atoms with E-state index in [-0.39, 0.29) is 18.1 Å². The Morgan fingerprint density at radius 2 is 1.89 bits per heavy atom. The number of thiophene rings is 1. The minimum atomic E-state index is -0.629. The van der Waals surface area contributed by atoms with Crippen molar-refractivity contribution in [2.24, 2.45) is 0 Å². The molecule has 8 heteroatoms. The number of carbonyl (C=O) groups excluding carboxylic acids is 2. The third-order valence-corrected chi connectivity index (χ3v) is 5.36. The van der Waals surface area contributed by atoms with E-state index < -0.39 is 17.8 Å². The Morgan fingerprint density at radius 3 is 2.64 bits per heavy atom. The lowest BCUT2D eigenvalue weighted by molar-refractivity contribution is 0.103. The molecule has 5 nitrogen and oxygen atoms in total. The number of cyclic esters (lactones) is 1. The van der Waals surface area contributed by atoms with Gasteiger partial charge in [0.1, 0.15) is 18.2 Å². The van der Waals surface area contributed by atoms with E-state index in [1.165, 1.54) is 29.2 Å². The van der Waals surface area contributed by atoms with E-state index in [1.807, 2.05) is 0 Å². The molecule has 0 aliphatic carbocycles. The minimum Gasteiger partial charge on any atom is -0.447 e. The van der Waals surface area contributed by atoms with Crippen LogP contribution in [0.15, 0.2) is 54.6 Å². The predicted molar refractivity (Wildman–Crippen MR) is 103 cm³/mol. The highest BCUT2D eigenvalue weighted by Crippen LogP contribution is 2.31. The maximum absolute atomic E-state index is 14.2. The summed E-state index contributed by atoms with van der Waals surface area (Å²) < 4.78 is 33.0. The Bertz CT molecular complexity index is 1070. The summed E-state index contributed by atoms with van der Waals surface area (Å²) >= 11 is 1.10. The van der Waals surface area contributed by atoms with Crippen LogP contribution in [0.25, 0.3) is 10.4 Å². The van der Waals surface area contributed by atoms with E-state index in [9.17, 15) is 18.4 Å². The number of rotatable bonds is 4. The van der Waals surface area contributed by atoms with Gasteiger partial charge in [-0.05, 0) is 36.4 Å². The molecule has 2 amide bonds. The largest absolute Gasteiger partial charge is 0.447 e. The summed E-state index contributed by atoms with van der Waals surface area (Å²) in [7, 11) is 0. The maximum Gasteiger partial charge on any atom is 0.414 e. The summed E-state index contributed by atoms with van der Waals surface area (Å²) in [6, 6.07) is 13.5. The van der Waals surface area contributed by atoms with Crippen LogP contribution < -0.4 is 10.2 Å². The van der Waals surface area contributed by atoms with E-state index in [4.69, 9.17) is 4.74 Å². The summed E-state index contributed by atoms with van der Waals surface area (Å²) in [5, 5.41) is 2.51. The molecule has 0 atom stereocenters. The molecule has 1 saturated heterocycles. The lowest BCUT2D eigenvalue weighted by Crippen LogP contribution is -2.23. The quantitative estimate of drug-likeness (QED) is 0.678. The SMILES string of the molecule is O=C(Nc1cc(N2CCOC2=O)ccc1F)c1ccc(-c2ccccc2F)s1. The van der Waals surface area contributed by atoms with Crippen molar-refractivity contribution in [3.05, 3.63) is 71.1 Å². The number of nitrogens with one attached hydrogen (secondary N) is 1. The molecule has 0 unspecified atom stereocenters. The second kappa shape index (κ2) is 7.40. The topological polar surface area (TPSA) is 58.6 Å². The molecule has 2 heterocycles. The van der Waals surface area contributed by atoms with Crippen LogP contribution >= 0.6 is 11.3 Å². The molecule has 2 aromatic carbocycles. The van der Waals surface area contributed by atoms with Gasteiger partial charge in [-0.15, -0.1) is 11.3 Å². The number of nitrogens with zero attached hydrogens (tertiary/aromatic N) is 1. The number of amides is 2. The maximum atomic E-state index is 14.2. The Balaban J connectivity index is 1.56. The number of hydrogen-bond donors (Lipinski definition) is 1. The summed E-state index contributed by atoms with van der Waals surface area (Å²) in [5.74, 6) is -1.53. The zero-order chi connectivity index (χ0) is 19.7. The molecule has 3 aromatic rings. The van der Waals surface area contributed by atoms with Crippen LogP contribution in [0.2, 0.25) is 0 Å². The molecular weight excluding hydrogens is 386 g/mol. The molecule has 1 N–H and O–H groups in total. The minimum absolute atomic E-state index is 0.0527. The fourth-order valence-corrected chi connectivity index (χ4v) is 3.78. The molecule has 1 aromatic heterocycles. The van der Waals surface area contributed by atoms with Crippen molar-refractivity contribution in [2.45, 2.75) is 0 Å². The average molecular weight is 400 g/mol. The lowest BCUT2D eigenvalue weighted by atomic mass is 10.2. The Hall–Kier alpha value is -3.26. The second-order valence-electron chi connectivity index (χ2n) is 6.03. The van der Waals surface area contributed by atoms with Crippen LogP contribution in [0.1, 0.15) is 9.67 Å². The second-order valence-corrected chi connectivity index (χ2v) is 7.11. The summed E-state index contributed by atoms with van der Waals surface area (Å²) in [4.78, 5) is 26.5. The van der Waals surface area contributed by atoms with Gasteiger partial charge in [-0.1, -0.05) is 18.2 Å². The first-order valence-corrected chi connectivity index (χ1v) is 9.24. The van der Waals surface area contributed by atoms with Crippen LogP contribution in [0, 0.1) is 11.6 Å².